The summed E-state index contributed by atoms with van der Waals surface area (Å²) in [6.45, 7) is 0.463. The predicted octanol–water partition coefficient (Wildman–Crippen LogP) is 1.78. The van der Waals surface area contributed by atoms with Crippen molar-refractivity contribution in [1.82, 2.24) is 10.3 Å². The second-order valence-corrected chi connectivity index (χ2v) is 4.44. The Morgan fingerprint density at radius 3 is 2.65 bits per heavy atom. The molecule has 4 heteroatoms. The van der Waals surface area contributed by atoms with Gasteiger partial charge in [0.05, 0.1) is 6.07 Å². The normalized spacial score (nSPS) is 17.4. The number of pyridine rings is 1. The summed E-state index contributed by atoms with van der Waals surface area (Å²) >= 11 is 0. The number of hydrogen-bond acceptors (Lipinski definition) is 3. The zero-order chi connectivity index (χ0) is 12.1. The second-order valence-electron chi connectivity index (χ2n) is 4.44. The quantitative estimate of drug-likeness (QED) is 0.859. The van der Waals surface area contributed by atoms with Crippen LogP contribution in [0.25, 0.3) is 0 Å². The molecule has 1 N–H and O–H groups in total. The number of nitriles is 1. The molecule has 0 unspecified atom stereocenters. The second kappa shape index (κ2) is 4.96. The highest BCUT2D eigenvalue weighted by atomic mass is 16.2. The minimum atomic E-state index is -0.785. The third kappa shape index (κ3) is 2.44. The Kier molecular flexibility index (Phi) is 3.38. The summed E-state index contributed by atoms with van der Waals surface area (Å²) in [6.07, 6.45) is 6.69. The number of amides is 1. The number of hydrogen-bond donors (Lipinski definition) is 1. The standard InChI is InChI=1S/C13H15N3O/c14-10-13(5-1-2-6-13)12(17)16-9-11-3-7-15-8-4-11/h3-4,7-8H,1-2,5-6,9H2,(H,16,17). The largest absolute Gasteiger partial charge is 0.351 e. The van der Waals surface area contributed by atoms with Gasteiger partial charge < -0.3 is 5.32 Å². The van der Waals surface area contributed by atoms with Gasteiger partial charge in [0, 0.05) is 18.9 Å². The van der Waals surface area contributed by atoms with Crippen molar-refractivity contribution in [3.63, 3.8) is 0 Å². The lowest BCUT2D eigenvalue weighted by atomic mass is 9.87. The molecule has 1 heterocycles. The van der Waals surface area contributed by atoms with Crippen LogP contribution in [-0.4, -0.2) is 10.9 Å². The van der Waals surface area contributed by atoms with Crippen molar-refractivity contribution in [1.29, 1.82) is 5.26 Å². The van der Waals surface area contributed by atoms with Crippen molar-refractivity contribution in [3.05, 3.63) is 30.1 Å². The van der Waals surface area contributed by atoms with Crippen LogP contribution in [0.3, 0.4) is 0 Å². The summed E-state index contributed by atoms with van der Waals surface area (Å²) in [5.74, 6) is -0.130. The first-order valence-corrected chi connectivity index (χ1v) is 5.85. The van der Waals surface area contributed by atoms with Gasteiger partial charge in [0.25, 0.3) is 0 Å². The molecule has 1 aromatic heterocycles. The molecule has 1 aliphatic carbocycles. The summed E-state index contributed by atoms with van der Waals surface area (Å²) < 4.78 is 0. The van der Waals surface area contributed by atoms with Crippen molar-refractivity contribution in [3.8, 4) is 6.07 Å². The van der Waals surface area contributed by atoms with Crippen molar-refractivity contribution >= 4 is 5.91 Å². The first-order chi connectivity index (χ1) is 8.27. The third-order valence-electron chi connectivity index (χ3n) is 3.31. The lowest BCUT2D eigenvalue weighted by Gasteiger charge is -2.19. The Bertz CT molecular complexity index is 430. The highest BCUT2D eigenvalue weighted by Gasteiger charge is 2.41. The van der Waals surface area contributed by atoms with Crippen molar-refractivity contribution in [2.75, 3.05) is 0 Å². The summed E-state index contributed by atoms with van der Waals surface area (Å²) in [6, 6.07) is 5.90. The number of aromatic nitrogens is 1. The van der Waals surface area contributed by atoms with E-state index in [0.717, 1.165) is 18.4 Å². The van der Waals surface area contributed by atoms with E-state index in [0.29, 0.717) is 19.4 Å². The van der Waals surface area contributed by atoms with Crippen molar-refractivity contribution < 1.29 is 4.79 Å². The van der Waals surface area contributed by atoms with Crippen molar-refractivity contribution in [2.45, 2.75) is 32.2 Å². The van der Waals surface area contributed by atoms with Crippen molar-refractivity contribution in [2.24, 2.45) is 5.41 Å². The van der Waals surface area contributed by atoms with Gasteiger partial charge in [-0.1, -0.05) is 12.8 Å². The van der Waals surface area contributed by atoms with E-state index < -0.39 is 5.41 Å². The molecule has 17 heavy (non-hydrogen) atoms. The van der Waals surface area contributed by atoms with E-state index in [1.807, 2.05) is 12.1 Å². The first-order valence-electron chi connectivity index (χ1n) is 5.85. The Morgan fingerprint density at radius 2 is 2.06 bits per heavy atom. The van der Waals surface area contributed by atoms with E-state index in [-0.39, 0.29) is 5.91 Å². The molecule has 2 rings (SSSR count). The van der Waals surface area contributed by atoms with Crippen LogP contribution < -0.4 is 5.32 Å². The average molecular weight is 229 g/mol. The summed E-state index contributed by atoms with van der Waals surface area (Å²) in [5, 5.41) is 12.0. The molecule has 0 atom stereocenters. The first kappa shape index (κ1) is 11.6. The molecule has 0 bridgehead atoms. The Morgan fingerprint density at radius 1 is 1.41 bits per heavy atom. The van der Waals surface area contributed by atoms with E-state index in [4.69, 9.17) is 5.26 Å². The maximum absolute atomic E-state index is 12.0. The number of carbonyl (C=O) groups excluding carboxylic acids is 1. The molecular weight excluding hydrogens is 214 g/mol. The molecule has 0 aromatic carbocycles. The molecule has 0 spiro atoms. The molecule has 0 radical (unpaired) electrons. The molecular formula is C13H15N3O. The number of nitrogens with zero attached hydrogens (tertiary/aromatic N) is 2. The molecule has 1 aromatic rings. The Hall–Kier alpha value is -1.89. The molecule has 1 amide bonds. The lowest BCUT2D eigenvalue weighted by Crippen LogP contribution is -2.37. The van der Waals surface area contributed by atoms with E-state index in [2.05, 4.69) is 16.4 Å². The Labute approximate surface area is 101 Å². The SMILES string of the molecule is N#CC1(C(=O)NCc2ccncc2)CCCC1. The van der Waals surface area contributed by atoms with Crippen LogP contribution in [0, 0.1) is 16.7 Å². The van der Waals surface area contributed by atoms with Gasteiger partial charge in [-0.3, -0.25) is 9.78 Å². The molecule has 88 valence electrons. The minimum absolute atomic E-state index is 0.130. The molecule has 0 aliphatic heterocycles. The minimum Gasteiger partial charge on any atom is -0.351 e. The highest BCUT2D eigenvalue weighted by molar-refractivity contribution is 5.85. The zero-order valence-corrected chi connectivity index (χ0v) is 9.65. The summed E-state index contributed by atoms with van der Waals surface area (Å²) in [7, 11) is 0. The fourth-order valence-electron chi connectivity index (χ4n) is 2.22. The van der Waals surface area contributed by atoms with Crippen LogP contribution in [-0.2, 0) is 11.3 Å². The molecule has 0 saturated heterocycles. The van der Waals surface area contributed by atoms with Gasteiger partial charge in [-0.25, -0.2) is 0 Å². The molecule has 1 fully saturated rings. The maximum Gasteiger partial charge on any atom is 0.240 e. The lowest BCUT2D eigenvalue weighted by molar-refractivity contribution is -0.128. The number of carbonyl (C=O) groups is 1. The summed E-state index contributed by atoms with van der Waals surface area (Å²) in [5.41, 5.74) is 0.215. The fraction of sp³-hybridized carbons (Fsp3) is 0.462. The van der Waals surface area contributed by atoms with Crippen LogP contribution in [0.5, 0.6) is 0 Å². The van der Waals surface area contributed by atoms with Crippen LogP contribution in [0.15, 0.2) is 24.5 Å². The molecule has 1 saturated carbocycles. The highest BCUT2D eigenvalue weighted by Crippen LogP contribution is 2.37. The smallest absolute Gasteiger partial charge is 0.240 e. The van der Waals surface area contributed by atoms with E-state index in [9.17, 15) is 4.79 Å². The van der Waals surface area contributed by atoms with Crippen LogP contribution in [0.1, 0.15) is 31.2 Å². The van der Waals surface area contributed by atoms with Gasteiger partial charge in [0.15, 0.2) is 0 Å². The van der Waals surface area contributed by atoms with Gasteiger partial charge >= 0.3 is 0 Å². The fourth-order valence-corrected chi connectivity index (χ4v) is 2.22. The maximum atomic E-state index is 12.0. The van der Waals surface area contributed by atoms with Gasteiger partial charge in [-0.15, -0.1) is 0 Å². The third-order valence-corrected chi connectivity index (χ3v) is 3.31. The van der Waals surface area contributed by atoms with E-state index in [1.54, 1.807) is 12.4 Å². The summed E-state index contributed by atoms with van der Waals surface area (Å²) in [4.78, 5) is 15.9. The van der Waals surface area contributed by atoms with Crippen LogP contribution in [0.2, 0.25) is 0 Å². The van der Waals surface area contributed by atoms with E-state index >= 15 is 0 Å². The topological polar surface area (TPSA) is 65.8 Å². The van der Waals surface area contributed by atoms with Crippen LogP contribution in [0.4, 0.5) is 0 Å². The zero-order valence-electron chi connectivity index (χ0n) is 9.65. The monoisotopic (exact) mass is 229 g/mol. The molecule has 1 aliphatic rings. The number of nitrogens with one attached hydrogen (secondary N) is 1. The van der Waals surface area contributed by atoms with Gasteiger partial charge in [0.2, 0.25) is 5.91 Å². The van der Waals surface area contributed by atoms with Gasteiger partial charge in [0.1, 0.15) is 5.41 Å². The predicted molar refractivity (Wildman–Crippen MR) is 62.6 cm³/mol. The van der Waals surface area contributed by atoms with Crippen LogP contribution >= 0.6 is 0 Å². The van der Waals surface area contributed by atoms with Gasteiger partial charge in [-0.2, -0.15) is 5.26 Å². The number of rotatable bonds is 3. The van der Waals surface area contributed by atoms with Gasteiger partial charge in [-0.05, 0) is 30.5 Å². The molecule has 4 nitrogen and oxygen atoms in total. The Balaban J connectivity index is 1.96. The average Bonchev–Trinajstić information content (AvgIpc) is 2.87. The van der Waals surface area contributed by atoms with E-state index in [1.165, 1.54) is 0 Å².